The molecule has 0 aliphatic carbocycles. The normalized spacial score (nSPS) is 12.2. The molecule has 23 heavy (non-hydrogen) atoms. The summed E-state index contributed by atoms with van der Waals surface area (Å²) in [5, 5.41) is 8.15. The molecule has 1 unspecified atom stereocenters. The van der Waals surface area contributed by atoms with Crippen LogP contribution in [0, 0.1) is 19.8 Å². The number of carbonyl (C=O) groups is 1. The number of nitrogens with two attached hydrogens (primary N) is 1. The number of aromatic nitrogens is 2. The highest BCUT2D eigenvalue weighted by atomic mass is 35.5. The van der Waals surface area contributed by atoms with Crippen LogP contribution in [-0.2, 0) is 11.2 Å². The second-order valence-electron chi connectivity index (χ2n) is 5.86. The molecule has 1 heterocycles. The maximum Gasteiger partial charge on any atom is 0.224 e. The first-order valence-electron chi connectivity index (χ1n) is 7.70. The van der Waals surface area contributed by atoms with Crippen molar-refractivity contribution in [2.45, 2.75) is 27.2 Å². The van der Waals surface area contributed by atoms with Crippen molar-refractivity contribution in [1.82, 2.24) is 15.1 Å². The molecule has 6 heteroatoms. The Morgan fingerprint density at radius 1 is 1.35 bits per heavy atom. The highest BCUT2D eigenvalue weighted by Gasteiger charge is 2.16. The summed E-state index contributed by atoms with van der Waals surface area (Å²) in [4.78, 5) is 12.1. The van der Waals surface area contributed by atoms with E-state index in [0.717, 1.165) is 22.6 Å². The van der Waals surface area contributed by atoms with Crippen molar-refractivity contribution in [2.24, 2.45) is 11.7 Å². The van der Waals surface area contributed by atoms with Crippen molar-refractivity contribution in [3.05, 3.63) is 46.2 Å². The van der Waals surface area contributed by atoms with Crippen molar-refractivity contribution in [2.75, 3.05) is 13.1 Å². The van der Waals surface area contributed by atoms with Crippen molar-refractivity contribution >= 4 is 17.5 Å². The van der Waals surface area contributed by atoms with Crippen LogP contribution < -0.4 is 11.1 Å². The molecule has 2 aromatic rings. The third-order valence-electron chi connectivity index (χ3n) is 3.90. The van der Waals surface area contributed by atoms with E-state index in [2.05, 4.69) is 10.4 Å². The summed E-state index contributed by atoms with van der Waals surface area (Å²) < 4.78 is 1.84. The van der Waals surface area contributed by atoms with E-state index in [4.69, 9.17) is 17.3 Å². The van der Waals surface area contributed by atoms with Gasteiger partial charge in [-0.15, -0.1) is 0 Å². The second kappa shape index (κ2) is 7.62. The van der Waals surface area contributed by atoms with Gasteiger partial charge in [0.15, 0.2) is 0 Å². The third kappa shape index (κ3) is 4.33. The van der Waals surface area contributed by atoms with E-state index in [-0.39, 0.29) is 11.8 Å². The highest BCUT2D eigenvalue weighted by molar-refractivity contribution is 6.30. The number of nitrogens with one attached hydrogen (secondary N) is 1. The quantitative estimate of drug-likeness (QED) is 0.852. The van der Waals surface area contributed by atoms with E-state index in [9.17, 15) is 4.79 Å². The fourth-order valence-corrected chi connectivity index (χ4v) is 2.48. The number of aryl methyl sites for hydroxylation is 1. The van der Waals surface area contributed by atoms with Crippen LogP contribution in [0.2, 0.25) is 5.02 Å². The molecule has 1 aromatic carbocycles. The van der Waals surface area contributed by atoms with Crippen LogP contribution in [-0.4, -0.2) is 28.8 Å². The van der Waals surface area contributed by atoms with E-state index in [1.807, 2.05) is 49.7 Å². The van der Waals surface area contributed by atoms with Crippen molar-refractivity contribution in [1.29, 1.82) is 0 Å². The van der Waals surface area contributed by atoms with Gasteiger partial charge < -0.3 is 11.1 Å². The van der Waals surface area contributed by atoms with Gasteiger partial charge in [-0.1, -0.05) is 18.5 Å². The van der Waals surface area contributed by atoms with Crippen LogP contribution >= 0.6 is 11.6 Å². The Hall–Kier alpha value is -1.85. The van der Waals surface area contributed by atoms with Crippen molar-refractivity contribution in [3.8, 4) is 5.69 Å². The molecular formula is C17H23ClN4O. The number of benzene rings is 1. The van der Waals surface area contributed by atoms with Crippen LogP contribution in [0.25, 0.3) is 5.69 Å². The summed E-state index contributed by atoms with van der Waals surface area (Å²) in [5.74, 6) is 0.269. The molecule has 1 aromatic heterocycles. The molecular weight excluding hydrogens is 312 g/mol. The number of rotatable bonds is 6. The van der Waals surface area contributed by atoms with E-state index >= 15 is 0 Å². The van der Waals surface area contributed by atoms with Crippen molar-refractivity contribution in [3.63, 3.8) is 0 Å². The Balaban J connectivity index is 2.14. The fourth-order valence-electron chi connectivity index (χ4n) is 2.36. The molecule has 1 amide bonds. The van der Waals surface area contributed by atoms with Crippen LogP contribution in [0.4, 0.5) is 0 Å². The van der Waals surface area contributed by atoms with Gasteiger partial charge in [-0.25, -0.2) is 4.68 Å². The first-order valence-corrected chi connectivity index (χ1v) is 8.08. The van der Waals surface area contributed by atoms with Gasteiger partial charge in [-0.2, -0.15) is 5.10 Å². The number of halogens is 1. The van der Waals surface area contributed by atoms with E-state index in [1.54, 1.807) is 0 Å². The minimum absolute atomic E-state index is 0.00726. The Labute approximate surface area is 141 Å². The van der Waals surface area contributed by atoms with Gasteiger partial charge in [0.25, 0.3) is 0 Å². The van der Waals surface area contributed by atoms with Gasteiger partial charge in [0.1, 0.15) is 0 Å². The molecule has 0 saturated carbocycles. The molecule has 0 fully saturated rings. The molecule has 2 rings (SSSR count). The number of amides is 1. The Morgan fingerprint density at radius 3 is 2.61 bits per heavy atom. The first-order chi connectivity index (χ1) is 10.9. The lowest BCUT2D eigenvalue weighted by Crippen LogP contribution is -2.32. The van der Waals surface area contributed by atoms with Gasteiger partial charge in [-0.05, 0) is 50.6 Å². The maximum absolute atomic E-state index is 12.1. The zero-order valence-electron chi connectivity index (χ0n) is 13.8. The third-order valence-corrected chi connectivity index (χ3v) is 4.15. The zero-order valence-corrected chi connectivity index (χ0v) is 14.5. The van der Waals surface area contributed by atoms with Gasteiger partial charge in [0, 0.05) is 22.8 Å². The summed E-state index contributed by atoms with van der Waals surface area (Å²) >= 11 is 5.92. The smallest absolute Gasteiger partial charge is 0.224 e. The summed E-state index contributed by atoms with van der Waals surface area (Å²) in [6.45, 7) is 7.06. The summed E-state index contributed by atoms with van der Waals surface area (Å²) in [5.41, 5.74) is 9.27. The topological polar surface area (TPSA) is 72.9 Å². The lowest BCUT2D eigenvalue weighted by molar-refractivity contribution is -0.120. The zero-order chi connectivity index (χ0) is 17.0. The highest BCUT2D eigenvalue weighted by Crippen LogP contribution is 2.20. The maximum atomic E-state index is 12.1. The van der Waals surface area contributed by atoms with Crippen LogP contribution in [0.5, 0.6) is 0 Å². The lowest BCUT2D eigenvalue weighted by Gasteiger charge is -2.10. The standard InChI is InChI=1S/C17H23ClN4O/c1-11(9-19)10-20-17(23)8-16-12(2)21-22(13(16)3)15-6-4-14(18)5-7-15/h4-7,11H,8-10,19H2,1-3H3,(H,20,23). The number of hydrogen-bond donors (Lipinski definition) is 2. The summed E-state index contributed by atoms with van der Waals surface area (Å²) in [6.07, 6.45) is 0.322. The summed E-state index contributed by atoms with van der Waals surface area (Å²) in [7, 11) is 0. The van der Waals surface area contributed by atoms with Gasteiger partial charge in [0.05, 0.1) is 17.8 Å². The Bertz CT molecular complexity index is 679. The molecule has 0 bridgehead atoms. The lowest BCUT2D eigenvalue weighted by atomic mass is 10.1. The van der Waals surface area contributed by atoms with Gasteiger partial charge >= 0.3 is 0 Å². The largest absolute Gasteiger partial charge is 0.355 e. The first kappa shape index (κ1) is 17.5. The monoisotopic (exact) mass is 334 g/mol. The molecule has 0 aliphatic rings. The predicted molar refractivity (Wildman–Crippen MR) is 93.0 cm³/mol. The van der Waals surface area contributed by atoms with E-state index < -0.39 is 0 Å². The molecule has 0 radical (unpaired) electrons. The SMILES string of the molecule is Cc1nn(-c2ccc(Cl)cc2)c(C)c1CC(=O)NCC(C)CN. The Morgan fingerprint density at radius 2 is 2.00 bits per heavy atom. The minimum atomic E-state index is -0.00726. The molecule has 1 atom stereocenters. The van der Waals surface area contributed by atoms with Crippen molar-refractivity contribution < 1.29 is 4.79 Å². The molecule has 0 spiro atoms. The number of carbonyl (C=O) groups excluding carboxylic acids is 1. The average molecular weight is 335 g/mol. The Kier molecular flexibility index (Phi) is 5.80. The number of nitrogens with zero attached hydrogens (tertiary/aromatic N) is 2. The van der Waals surface area contributed by atoms with Crippen LogP contribution in [0.3, 0.4) is 0 Å². The van der Waals surface area contributed by atoms with E-state index in [1.165, 1.54) is 0 Å². The molecule has 5 nitrogen and oxygen atoms in total. The average Bonchev–Trinajstić information content (AvgIpc) is 2.81. The molecule has 3 N–H and O–H groups in total. The van der Waals surface area contributed by atoms with Crippen LogP contribution in [0.1, 0.15) is 23.9 Å². The second-order valence-corrected chi connectivity index (χ2v) is 6.30. The molecule has 0 saturated heterocycles. The van der Waals surface area contributed by atoms with E-state index in [0.29, 0.717) is 24.5 Å². The fraction of sp³-hybridized carbons (Fsp3) is 0.412. The van der Waals surface area contributed by atoms with Gasteiger partial charge in [-0.3, -0.25) is 4.79 Å². The number of hydrogen-bond acceptors (Lipinski definition) is 3. The molecule has 124 valence electrons. The summed E-state index contributed by atoms with van der Waals surface area (Å²) in [6, 6.07) is 7.48. The van der Waals surface area contributed by atoms with Gasteiger partial charge in [0.2, 0.25) is 5.91 Å². The van der Waals surface area contributed by atoms with Crippen LogP contribution in [0.15, 0.2) is 24.3 Å². The molecule has 0 aliphatic heterocycles. The minimum Gasteiger partial charge on any atom is -0.355 e. The predicted octanol–water partition coefficient (Wildman–Crippen LogP) is 2.40.